The van der Waals surface area contributed by atoms with Gasteiger partial charge in [-0.25, -0.2) is 0 Å². The van der Waals surface area contributed by atoms with Gasteiger partial charge in [-0.3, -0.25) is 9.59 Å². The van der Waals surface area contributed by atoms with E-state index in [2.05, 4.69) is 21.1 Å². The Morgan fingerprint density at radius 2 is 1.87 bits per heavy atom. The predicted molar refractivity (Wildman–Crippen MR) is 120 cm³/mol. The summed E-state index contributed by atoms with van der Waals surface area (Å²) in [5, 5.41) is 4.19. The van der Waals surface area contributed by atoms with Crippen LogP contribution in [0.2, 0.25) is 0 Å². The number of benzene rings is 2. The van der Waals surface area contributed by atoms with Crippen molar-refractivity contribution < 1.29 is 19.1 Å². The van der Waals surface area contributed by atoms with E-state index >= 15 is 0 Å². The number of nitrogens with one attached hydrogen (secondary N) is 2. The molecular weight excluding hydrogens is 400 g/mol. The van der Waals surface area contributed by atoms with Crippen molar-refractivity contribution >= 4 is 34.5 Å². The van der Waals surface area contributed by atoms with Crippen molar-refractivity contribution in [3.05, 3.63) is 65.9 Å². The van der Waals surface area contributed by atoms with Crippen LogP contribution < -0.4 is 10.1 Å². The maximum absolute atomic E-state index is 12.4. The van der Waals surface area contributed by atoms with E-state index < -0.39 is 0 Å². The van der Waals surface area contributed by atoms with Crippen molar-refractivity contribution in [2.75, 3.05) is 32.3 Å². The summed E-state index contributed by atoms with van der Waals surface area (Å²) in [6.45, 7) is 0.481. The van der Waals surface area contributed by atoms with E-state index in [1.54, 1.807) is 7.11 Å². The molecule has 6 nitrogen and oxygen atoms in total. The highest BCUT2D eigenvalue weighted by Crippen LogP contribution is 2.31. The summed E-state index contributed by atoms with van der Waals surface area (Å²) < 4.78 is 9.88. The molecule has 3 rings (SSSR count). The fourth-order valence-electron chi connectivity index (χ4n) is 3.31. The van der Waals surface area contributed by atoms with Crippen molar-refractivity contribution in [2.45, 2.75) is 12.3 Å². The van der Waals surface area contributed by atoms with Gasteiger partial charge in [-0.05, 0) is 29.3 Å². The van der Waals surface area contributed by atoms with Gasteiger partial charge in [0.1, 0.15) is 5.75 Å². The molecule has 1 aromatic heterocycles. The summed E-state index contributed by atoms with van der Waals surface area (Å²) in [7, 11) is 3.00. The van der Waals surface area contributed by atoms with Gasteiger partial charge in [-0.2, -0.15) is 0 Å². The normalized spacial score (nSPS) is 11.8. The fourth-order valence-corrected chi connectivity index (χ4v) is 4.07. The van der Waals surface area contributed by atoms with Gasteiger partial charge >= 0.3 is 5.97 Å². The first kappa shape index (κ1) is 21.8. The van der Waals surface area contributed by atoms with E-state index in [4.69, 9.17) is 4.74 Å². The molecule has 1 unspecified atom stereocenters. The fraction of sp³-hybridized carbons (Fsp3) is 0.304. The van der Waals surface area contributed by atoms with E-state index in [1.165, 1.54) is 18.9 Å². The molecule has 0 bridgehead atoms. The van der Waals surface area contributed by atoms with Crippen LogP contribution in [0.3, 0.4) is 0 Å². The van der Waals surface area contributed by atoms with Crippen LogP contribution in [0.25, 0.3) is 10.9 Å². The third-order valence-corrected chi connectivity index (χ3v) is 5.87. The molecule has 2 aromatic carbocycles. The molecule has 0 aliphatic carbocycles. The highest BCUT2D eigenvalue weighted by Gasteiger charge is 2.19. The van der Waals surface area contributed by atoms with Crippen molar-refractivity contribution in [1.29, 1.82) is 0 Å². The number of carbonyl (C=O) groups is 2. The largest absolute Gasteiger partial charge is 0.497 e. The van der Waals surface area contributed by atoms with Gasteiger partial charge in [0, 0.05) is 41.7 Å². The van der Waals surface area contributed by atoms with Crippen molar-refractivity contribution in [1.82, 2.24) is 10.3 Å². The summed E-state index contributed by atoms with van der Waals surface area (Å²) in [6, 6.07) is 16.1. The first-order chi connectivity index (χ1) is 14.6. The Morgan fingerprint density at radius 1 is 1.10 bits per heavy atom. The average molecular weight is 427 g/mol. The molecule has 0 aliphatic rings. The molecular formula is C23H26N2O4S. The number of amides is 1. The number of esters is 1. The van der Waals surface area contributed by atoms with Crippen LogP contribution in [-0.2, 0) is 14.3 Å². The lowest BCUT2D eigenvalue weighted by Crippen LogP contribution is -2.29. The maximum Gasteiger partial charge on any atom is 0.315 e. The predicted octanol–water partition coefficient (Wildman–Crippen LogP) is 3.72. The number of fused-ring (bicyclic) bond motifs is 1. The van der Waals surface area contributed by atoms with Gasteiger partial charge < -0.3 is 19.8 Å². The Balaban J connectivity index is 1.70. The third kappa shape index (κ3) is 5.57. The quantitative estimate of drug-likeness (QED) is 0.382. The average Bonchev–Trinajstić information content (AvgIpc) is 3.21. The van der Waals surface area contributed by atoms with Gasteiger partial charge in [-0.1, -0.05) is 30.3 Å². The molecule has 0 saturated carbocycles. The zero-order chi connectivity index (χ0) is 21.3. The minimum atomic E-state index is -0.278. The van der Waals surface area contributed by atoms with Crippen LogP contribution in [0.15, 0.2) is 54.7 Å². The number of hydrogen-bond acceptors (Lipinski definition) is 5. The second-order valence-electron chi connectivity index (χ2n) is 6.80. The molecule has 1 amide bonds. The molecule has 1 atom stereocenters. The van der Waals surface area contributed by atoms with E-state index in [0.717, 1.165) is 27.8 Å². The molecule has 0 fully saturated rings. The van der Waals surface area contributed by atoms with E-state index in [9.17, 15) is 9.59 Å². The Labute approximate surface area is 180 Å². The SMILES string of the molecule is COC(=O)CSCCC(=O)NCC(c1ccc(OC)cc1)c1c[nH]c2ccccc12. The van der Waals surface area contributed by atoms with Crippen LogP contribution in [0.4, 0.5) is 0 Å². The van der Waals surface area contributed by atoms with Crippen molar-refractivity contribution in [2.24, 2.45) is 0 Å². The van der Waals surface area contributed by atoms with Crippen LogP contribution in [-0.4, -0.2) is 49.1 Å². The lowest BCUT2D eigenvalue weighted by atomic mass is 9.90. The Morgan fingerprint density at radius 3 is 2.60 bits per heavy atom. The number of hydrogen-bond donors (Lipinski definition) is 2. The van der Waals surface area contributed by atoms with Crippen molar-refractivity contribution in [3.63, 3.8) is 0 Å². The minimum absolute atomic E-state index is 0.00118. The summed E-state index contributed by atoms with van der Waals surface area (Å²) in [4.78, 5) is 26.8. The topological polar surface area (TPSA) is 80.4 Å². The number of para-hydroxylation sites is 1. The first-order valence-corrected chi connectivity index (χ1v) is 10.9. The summed E-state index contributed by atoms with van der Waals surface area (Å²) in [5.74, 6) is 1.31. The Hall–Kier alpha value is -2.93. The highest BCUT2D eigenvalue weighted by molar-refractivity contribution is 7.99. The monoisotopic (exact) mass is 426 g/mol. The number of carbonyl (C=O) groups excluding carboxylic acids is 2. The smallest absolute Gasteiger partial charge is 0.315 e. The van der Waals surface area contributed by atoms with Gasteiger partial charge in [0.05, 0.1) is 20.0 Å². The lowest BCUT2D eigenvalue weighted by molar-refractivity contribution is -0.137. The number of aromatic nitrogens is 1. The summed E-state index contributed by atoms with van der Waals surface area (Å²) in [6.07, 6.45) is 2.36. The van der Waals surface area contributed by atoms with Gasteiger partial charge in [0.15, 0.2) is 0 Å². The minimum Gasteiger partial charge on any atom is -0.497 e. The number of aromatic amines is 1. The van der Waals surface area contributed by atoms with Crippen LogP contribution in [0.1, 0.15) is 23.5 Å². The molecule has 3 aromatic rings. The third-order valence-electron chi connectivity index (χ3n) is 4.94. The molecule has 158 valence electrons. The first-order valence-electron chi connectivity index (χ1n) is 9.73. The second-order valence-corrected chi connectivity index (χ2v) is 7.90. The zero-order valence-electron chi connectivity index (χ0n) is 17.1. The van der Waals surface area contributed by atoms with E-state index in [1.807, 2.05) is 48.7 Å². The number of thioether (sulfide) groups is 1. The van der Waals surface area contributed by atoms with Crippen LogP contribution >= 0.6 is 11.8 Å². The maximum atomic E-state index is 12.4. The molecule has 1 heterocycles. The van der Waals surface area contributed by atoms with Crippen LogP contribution in [0.5, 0.6) is 5.75 Å². The Bertz CT molecular complexity index is 984. The number of H-pyrrole nitrogens is 1. The van der Waals surface area contributed by atoms with Crippen LogP contribution in [0, 0.1) is 0 Å². The number of rotatable bonds is 10. The van der Waals surface area contributed by atoms with Gasteiger partial charge in [-0.15, -0.1) is 11.8 Å². The molecule has 0 spiro atoms. The van der Waals surface area contributed by atoms with E-state index in [0.29, 0.717) is 18.7 Å². The summed E-state index contributed by atoms with van der Waals surface area (Å²) >= 11 is 1.39. The standard InChI is InChI=1S/C23H26N2O4S/c1-28-17-9-7-16(8-10-17)19(20-14-24-21-6-4-3-5-18(20)21)13-25-22(26)11-12-30-15-23(27)29-2/h3-10,14,19,24H,11-13,15H2,1-2H3,(H,25,26). The molecule has 7 heteroatoms. The molecule has 0 radical (unpaired) electrons. The molecule has 0 saturated heterocycles. The molecule has 0 aliphatic heterocycles. The summed E-state index contributed by atoms with van der Waals surface area (Å²) in [5.41, 5.74) is 3.30. The number of methoxy groups -OCH3 is 2. The Kier molecular flexibility index (Phi) is 7.79. The van der Waals surface area contributed by atoms with Crippen molar-refractivity contribution in [3.8, 4) is 5.75 Å². The van der Waals surface area contributed by atoms with Gasteiger partial charge in [0.25, 0.3) is 0 Å². The second kappa shape index (κ2) is 10.7. The molecule has 2 N–H and O–H groups in total. The highest BCUT2D eigenvalue weighted by atomic mass is 32.2. The zero-order valence-corrected chi connectivity index (χ0v) is 18.0. The van der Waals surface area contributed by atoms with E-state index in [-0.39, 0.29) is 23.5 Å². The van der Waals surface area contributed by atoms with Gasteiger partial charge in [0.2, 0.25) is 5.91 Å². The molecule has 30 heavy (non-hydrogen) atoms. The number of ether oxygens (including phenoxy) is 2. The lowest BCUT2D eigenvalue weighted by Gasteiger charge is -2.18.